The Bertz CT molecular complexity index is 740. The lowest BCUT2D eigenvalue weighted by molar-refractivity contribution is 0.317. The number of phenolic OH excluding ortho intramolecular Hbond substituents is 1. The van der Waals surface area contributed by atoms with Gasteiger partial charge < -0.3 is 10.3 Å². The molecule has 1 aromatic heterocycles. The molecule has 2 rings (SSSR count). The molecular formula is C19H27N3O2. The largest absolute Gasteiger partial charge is 0.507 e. The Hall–Kier alpha value is -2.30. The van der Waals surface area contributed by atoms with Crippen molar-refractivity contribution in [1.82, 2.24) is 9.55 Å². The number of benzene rings is 1. The van der Waals surface area contributed by atoms with Crippen LogP contribution in [-0.4, -0.2) is 25.7 Å². The molecule has 0 unspecified atom stereocenters. The number of aryl methyl sites for hydroxylation is 1. The van der Waals surface area contributed by atoms with Crippen molar-refractivity contribution < 1.29 is 10.3 Å². The van der Waals surface area contributed by atoms with Gasteiger partial charge in [0.2, 0.25) is 0 Å². The van der Waals surface area contributed by atoms with Crippen LogP contribution in [-0.2, 0) is 10.8 Å². The minimum absolute atomic E-state index is 0.245. The zero-order chi connectivity index (χ0) is 18.3. The van der Waals surface area contributed by atoms with Crippen molar-refractivity contribution in [2.75, 3.05) is 0 Å². The SMILES string of the molecule is Cc1nccn1/C(=N\O)c1cc(C(C)(C)C)c(O)c(C(C)(C)C)c1. The number of oxime groups is 1. The van der Waals surface area contributed by atoms with E-state index in [0.29, 0.717) is 11.6 Å². The van der Waals surface area contributed by atoms with E-state index in [9.17, 15) is 10.3 Å². The molecule has 0 radical (unpaired) electrons. The Morgan fingerprint density at radius 3 is 1.88 bits per heavy atom. The Morgan fingerprint density at radius 2 is 1.54 bits per heavy atom. The minimum Gasteiger partial charge on any atom is -0.507 e. The number of hydrogen-bond acceptors (Lipinski definition) is 4. The molecule has 0 amide bonds. The molecule has 0 aliphatic carbocycles. The van der Waals surface area contributed by atoms with Crippen molar-refractivity contribution in [1.29, 1.82) is 0 Å². The average molecular weight is 329 g/mol. The van der Waals surface area contributed by atoms with Gasteiger partial charge in [-0.2, -0.15) is 0 Å². The van der Waals surface area contributed by atoms with E-state index >= 15 is 0 Å². The number of aromatic nitrogens is 2. The zero-order valence-corrected chi connectivity index (χ0v) is 15.5. The van der Waals surface area contributed by atoms with Gasteiger partial charge in [-0.05, 0) is 29.9 Å². The van der Waals surface area contributed by atoms with E-state index in [1.807, 2.05) is 19.1 Å². The van der Waals surface area contributed by atoms with Gasteiger partial charge in [-0.15, -0.1) is 0 Å². The molecule has 2 aromatic rings. The van der Waals surface area contributed by atoms with Crippen LogP contribution in [0.25, 0.3) is 0 Å². The first-order valence-electron chi connectivity index (χ1n) is 8.07. The molecule has 0 saturated heterocycles. The molecule has 0 fully saturated rings. The summed E-state index contributed by atoms with van der Waals surface area (Å²) in [4.78, 5) is 4.19. The Kier molecular flexibility index (Phi) is 4.48. The maximum Gasteiger partial charge on any atom is 0.184 e. The van der Waals surface area contributed by atoms with E-state index in [4.69, 9.17) is 0 Å². The van der Waals surface area contributed by atoms with Gasteiger partial charge in [0, 0.05) is 29.1 Å². The Balaban J connectivity index is 2.78. The average Bonchev–Trinajstić information content (AvgIpc) is 2.85. The van der Waals surface area contributed by atoms with Crippen LogP contribution in [0.3, 0.4) is 0 Å². The third-order valence-electron chi connectivity index (χ3n) is 4.13. The van der Waals surface area contributed by atoms with Crippen LogP contribution in [0.4, 0.5) is 0 Å². The third-order valence-corrected chi connectivity index (χ3v) is 4.13. The molecular weight excluding hydrogens is 302 g/mol. The molecule has 0 aliphatic rings. The quantitative estimate of drug-likeness (QED) is 0.357. The van der Waals surface area contributed by atoms with Gasteiger partial charge in [0.1, 0.15) is 11.6 Å². The number of rotatable bonds is 1. The first kappa shape index (κ1) is 18.0. The molecule has 0 atom stereocenters. The standard InChI is InChI=1S/C19H27N3O2/c1-12-20-8-9-22(12)17(21-24)13-10-14(18(2,3)4)16(23)15(11-13)19(5,6)7/h8-11,23-24H,1-7H3/b21-17-. The van der Waals surface area contributed by atoms with Crippen LogP contribution in [0, 0.1) is 6.92 Å². The molecule has 24 heavy (non-hydrogen) atoms. The summed E-state index contributed by atoms with van der Waals surface area (Å²) in [6, 6.07) is 3.78. The number of nitrogens with zero attached hydrogens (tertiary/aromatic N) is 3. The van der Waals surface area contributed by atoms with Crippen molar-refractivity contribution in [2.24, 2.45) is 5.16 Å². The first-order valence-corrected chi connectivity index (χ1v) is 8.07. The van der Waals surface area contributed by atoms with Gasteiger partial charge in [-0.1, -0.05) is 46.7 Å². The lowest BCUT2D eigenvalue weighted by Gasteiger charge is -2.28. The number of aromatic hydroxyl groups is 1. The number of hydrogen-bond donors (Lipinski definition) is 2. The second kappa shape index (κ2) is 5.96. The van der Waals surface area contributed by atoms with Gasteiger partial charge in [-0.25, -0.2) is 4.98 Å². The van der Waals surface area contributed by atoms with Crippen LogP contribution in [0.2, 0.25) is 0 Å². The summed E-state index contributed by atoms with van der Waals surface area (Å²) in [5, 5.41) is 23.9. The van der Waals surface area contributed by atoms with Crippen molar-refractivity contribution in [3.63, 3.8) is 0 Å². The van der Waals surface area contributed by atoms with Crippen LogP contribution < -0.4 is 0 Å². The van der Waals surface area contributed by atoms with Crippen LogP contribution in [0.1, 0.15) is 64.1 Å². The fourth-order valence-electron chi connectivity index (χ4n) is 2.75. The van der Waals surface area contributed by atoms with Crippen LogP contribution >= 0.6 is 0 Å². The van der Waals surface area contributed by atoms with Crippen molar-refractivity contribution in [3.8, 4) is 5.75 Å². The van der Waals surface area contributed by atoms with Gasteiger partial charge in [-0.3, -0.25) is 4.57 Å². The number of imidazole rings is 1. The molecule has 130 valence electrons. The van der Waals surface area contributed by atoms with Gasteiger partial charge >= 0.3 is 0 Å². The summed E-state index contributed by atoms with van der Waals surface area (Å²) < 4.78 is 1.73. The van der Waals surface area contributed by atoms with Crippen molar-refractivity contribution >= 4 is 5.84 Å². The third kappa shape index (κ3) is 3.30. The maximum absolute atomic E-state index is 10.8. The predicted octanol–water partition coefficient (Wildman–Crippen LogP) is 4.18. The molecule has 0 bridgehead atoms. The van der Waals surface area contributed by atoms with Crippen molar-refractivity contribution in [3.05, 3.63) is 47.0 Å². The molecule has 5 nitrogen and oxygen atoms in total. The second-order valence-corrected chi connectivity index (χ2v) is 8.19. The highest BCUT2D eigenvalue weighted by molar-refractivity contribution is 6.01. The van der Waals surface area contributed by atoms with Gasteiger partial charge in [0.05, 0.1) is 0 Å². The molecule has 0 spiro atoms. The minimum atomic E-state index is -0.245. The molecule has 5 heteroatoms. The predicted molar refractivity (Wildman–Crippen MR) is 96.2 cm³/mol. The van der Waals surface area contributed by atoms with E-state index in [2.05, 4.69) is 51.7 Å². The van der Waals surface area contributed by atoms with Gasteiger partial charge in [0.25, 0.3) is 0 Å². The normalized spacial score (nSPS) is 13.4. The Labute approximate surface area is 143 Å². The Morgan fingerprint density at radius 1 is 1.04 bits per heavy atom. The van der Waals surface area contributed by atoms with Crippen LogP contribution in [0.15, 0.2) is 29.7 Å². The summed E-state index contributed by atoms with van der Waals surface area (Å²) in [5.74, 6) is 1.42. The molecule has 0 saturated carbocycles. The maximum atomic E-state index is 10.8. The second-order valence-electron chi connectivity index (χ2n) is 8.19. The molecule has 1 aromatic carbocycles. The lowest BCUT2D eigenvalue weighted by Crippen LogP contribution is -2.21. The summed E-state index contributed by atoms with van der Waals surface area (Å²) in [5.41, 5.74) is 1.90. The number of phenols is 1. The highest BCUT2D eigenvalue weighted by Gasteiger charge is 2.28. The van der Waals surface area contributed by atoms with E-state index in [-0.39, 0.29) is 10.8 Å². The van der Waals surface area contributed by atoms with E-state index in [1.165, 1.54) is 0 Å². The lowest BCUT2D eigenvalue weighted by atomic mass is 9.78. The fraction of sp³-hybridized carbons (Fsp3) is 0.474. The van der Waals surface area contributed by atoms with E-state index < -0.39 is 0 Å². The highest BCUT2D eigenvalue weighted by atomic mass is 16.4. The smallest absolute Gasteiger partial charge is 0.184 e. The van der Waals surface area contributed by atoms with Gasteiger partial charge in [0.15, 0.2) is 5.84 Å². The van der Waals surface area contributed by atoms with Crippen molar-refractivity contribution in [2.45, 2.75) is 59.3 Å². The summed E-state index contributed by atoms with van der Waals surface area (Å²) in [6.07, 6.45) is 3.42. The molecule has 1 heterocycles. The highest BCUT2D eigenvalue weighted by Crippen LogP contribution is 2.40. The van der Waals surface area contributed by atoms with Crippen LogP contribution in [0.5, 0.6) is 5.75 Å². The van der Waals surface area contributed by atoms with E-state index in [1.54, 1.807) is 17.0 Å². The summed E-state index contributed by atoms with van der Waals surface area (Å²) in [7, 11) is 0. The van der Waals surface area contributed by atoms with E-state index in [0.717, 1.165) is 22.5 Å². The zero-order valence-electron chi connectivity index (χ0n) is 15.5. The topological polar surface area (TPSA) is 70.6 Å². The summed E-state index contributed by atoms with van der Waals surface area (Å²) >= 11 is 0. The monoisotopic (exact) mass is 329 g/mol. The molecule has 2 N–H and O–H groups in total. The molecule has 0 aliphatic heterocycles. The first-order chi connectivity index (χ1) is 11.0. The fourth-order valence-corrected chi connectivity index (χ4v) is 2.75. The summed E-state index contributed by atoms with van der Waals surface area (Å²) in [6.45, 7) is 14.2.